The first kappa shape index (κ1) is 11.5. The largest absolute Gasteiger partial charge is 0.287 e. The molecule has 1 aromatic carbocycles. The van der Waals surface area contributed by atoms with Crippen molar-refractivity contribution in [2.75, 3.05) is 0 Å². The Morgan fingerprint density at radius 1 is 1.29 bits per heavy atom. The Bertz CT molecular complexity index is 617. The van der Waals surface area contributed by atoms with Crippen molar-refractivity contribution >= 4 is 21.7 Å². The lowest BCUT2D eigenvalue weighted by atomic mass is 10.0. The summed E-state index contributed by atoms with van der Waals surface area (Å²) in [6, 6.07) is 12.2. The Balaban J connectivity index is 2.48. The molecule has 0 aliphatic rings. The molecule has 0 saturated heterocycles. The Morgan fingerprint density at radius 2 is 2.12 bits per heavy atom. The highest BCUT2D eigenvalue weighted by atomic mass is 79.9. The summed E-state index contributed by atoms with van der Waals surface area (Å²) in [5, 5.41) is 8.92. The third-order valence-electron chi connectivity index (χ3n) is 2.23. The predicted octanol–water partition coefficient (Wildman–Crippen LogP) is 2.95. The first-order chi connectivity index (χ1) is 8.22. The normalized spacial score (nSPS) is 9.65. The molecule has 2 aromatic rings. The van der Waals surface area contributed by atoms with E-state index in [1.807, 2.05) is 12.1 Å². The fourth-order valence-electron chi connectivity index (χ4n) is 1.44. The number of ketones is 1. The molecule has 0 aliphatic carbocycles. The van der Waals surface area contributed by atoms with Crippen molar-refractivity contribution in [1.29, 1.82) is 5.26 Å². The molecule has 0 bridgehead atoms. The van der Waals surface area contributed by atoms with E-state index in [2.05, 4.69) is 20.9 Å². The second kappa shape index (κ2) is 4.89. The van der Waals surface area contributed by atoms with E-state index in [4.69, 9.17) is 5.26 Å². The second-order valence-electron chi connectivity index (χ2n) is 3.35. The average molecular weight is 287 g/mol. The van der Waals surface area contributed by atoms with Gasteiger partial charge < -0.3 is 0 Å². The number of rotatable bonds is 2. The highest BCUT2D eigenvalue weighted by Crippen LogP contribution is 2.16. The van der Waals surface area contributed by atoms with Crippen LogP contribution in [-0.2, 0) is 0 Å². The van der Waals surface area contributed by atoms with Crippen LogP contribution in [0.1, 0.15) is 21.6 Å². The third kappa shape index (κ3) is 2.40. The number of nitrogens with zero attached hydrogens (tertiary/aromatic N) is 2. The van der Waals surface area contributed by atoms with Gasteiger partial charge in [0, 0.05) is 16.2 Å². The lowest BCUT2D eigenvalue weighted by Crippen LogP contribution is -2.06. The van der Waals surface area contributed by atoms with Crippen LogP contribution in [-0.4, -0.2) is 10.8 Å². The van der Waals surface area contributed by atoms with Crippen LogP contribution in [0.4, 0.5) is 0 Å². The minimum atomic E-state index is -0.247. The van der Waals surface area contributed by atoms with Gasteiger partial charge in [-0.05, 0) is 24.3 Å². The second-order valence-corrected chi connectivity index (χ2v) is 4.27. The molecule has 3 nitrogen and oxygen atoms in total. The highest BCUT2D eigenvalue weighted by molar-refractivity contribution is 9.10. The van der Waals surface area contributed by atoms with E-state index < -0.39 is 0 Å². The maximum Gasteiger partial charge on any atom is 0.212 e. The molecule has 1 aromatic heterocycles. The SMILES string of the molecule is N#Cc1cccnc1C(=O)c1cccc(Br)c1. The van der Waals surface area contributed by atoms with E-state index in [1.54, 1.807) is 30.3 Å². The summed E-state index contributed by atoms with van der Waals surface area (Å²) < 4.78 is 0.817. The zero-order chi connectivity index (χ0) is 12.3. The molecular formula is C13H7BrN2O. The zero-order valence-electron chi connectivity index (χ0n) is 8.72. The number of carbonyl (C=O) groups excluding carboxylic acids is 1. The van der Waals surface area contributed by atoms with Crippen molar-refractivity contribution < 1.29 is 4.79 Å². The molecule has 0 N–H and O–H groups in total. The van der Waals surface area contributed by atoms with E-state index in [-0.39, 0.29) is 17.0 Å². The monoisotopic (exact) mass is 286 g/mol. The molecule has 82 valence electrons. The van der Waals surface area contributed by atoms with E-state index >= 15 is 0 Å². The molecular weight excluding hydrogens is 280 g/mol. The fourth-order valence-corrected chi connectivity index (χ4v) is 1.84. The first-order valence-corrected chi connectivity index (χ1v) is 5.67. The van der Waals surface area contributed by atoms with Crippen molar-refractivity contribution in [2.24, 2.45) is 0 Å². The van der Waals surface area contributed by atoms with Crippen molar-refractivity contribution in [1.82, 2.24) is 4.98 Å². The molecule has 1 heterocycles. The zero-order valence-corrected chi connectivity index (χ0v) is 10.3. The van der Waals surface area contributed by atoms with Gasteiger partial charge in [0.1, 0.15) is 11.8 Å². The van der Waals surface area contributed by atoms with Crippen LogP contribution in [0.25, 0.3) is 0 Å². The molecule has 0 aliphatic heterocycles. The smallest absolute Gasteiger partial charge is 0.212 e. The molecule has 0 unspecified atom stereocenters. The van der Waals surface area contributed by atoms with Gasteiger partial charge in [0.2, 0.25) is 5.78 Å². The Labute approximate surface area is 107 Å². The van der Waals surface area contributed by atoms with Crippen molar-refractivity contribution in [3.8, 4) is 6.07 Å². The third-order valence-corrected chi connectivity index (χ3v) is 2.72. The summed E-state index contributed by atoms with van der Waals surface area (Å²) >= 11 is 3.30. The van der Waals surface area contributed by atoms with Gasteiger partial charge in [-0.25, -0.2) is 0 Å². The lowest BCUT2D eigenvalue weighted by Gasteiger charge is -2.02. The van der Waals surface area contributed by atoms with Crippen LogP contribution in [0.3, 0.4) is 0 Å². The van der Waals surface area contributed by atoms with Crippen LogP contribution >= 0.6 is 15.9 Å². The van der Waals surface area contributed by atoms with E-state index in [1.165, 1.54) is 6.20 Å². The van der Waals surface area contributed by atoms with Crippen LogP contribution in [0.5, 0.6) is 0 Å². The maximum absolute atomic E-state index is 12.1. The number of halogens is 1. The van der Waals surface area contributed by atoms with Gasteiger partial charge in [-0.15, -0.1) is 0 Å². The Hall–Kier alpha value is -1.99. The fraction of sp³-hybridized carbons (Fsp3) is 0. The number of nitriles is 1. The number of hydrogen-bond donors (Lipinski definition) is 0. The van der Waals surface area contributed by atoms with Gasteiger partial charge in [0.25, 0.3) is 0 Å². The van der Waals surface area contributed by atoms with Gasteiger partial charge in [-0.2, -0.15) is 5.26 Å². The summed E-state index contributed by atoms with van der Waals surface area (Å²) in [5.41, 5.74) is 0.986. The van der Waals surface area contributed by atoms with Crippen LogP contribution < -0.4 is 0 Å². The van der Waals surface area contributed by atoms with Crippen molar-refractivity contribution in [3.63, 3.8) is 0 Å². The lowest BCUT2D eigenvalue weighted by molar-refractivity contribution is 0.103. The summed E-state index contributed by atoms with van der Waals surface area (Å²) in [6.45, 7) is 0. The number of pyridine rings is 1. The maximum atomic E-state index is 12.1. The molecule has 0 atom stereocenters. The topological polar surface area (TPSA) is 53.8 Å². The van der Waals surface area contributed by atoms with Gasteiger partial charge in [-0.1, -0.05) is 28.1 Å². The summed E-state index contributed by atoms with van der Waals surface area (Å²) in [6.07, 6.45) is 1.51. The average Bonchev–Trinajstić information content (AvgIpc) is 2.38. The molecule has 4 heteroatoms. The van der Waals surface area contributed by atoms with E-state index in [0.29, 0.717) is 5.56 Å². The Kier molecular flexibility index (Phi) is 3.31. The molecule has 0 amide bonds. The number of carbonyl (C=O) groups is 1. The minimum absolute atomic E-state index is 0.188. The van der Waals surface area contributed by atoms with Gasteiger partial charge in [0.05, 0.1) is 5.56 Å². The molecule has 0 spiro atoms. The summed E-state index contributed by atoms with van der Waals surface area (Å²) in [7, 11) is 0. The molecule has 0 saturated carbocycles. The highest BCUT2D eigenvalue weighted by Gasteiger charge is 2.14. The van der Waals surface area contributed by atoms with Gasteiger partial charge in [0.15, 0.2) is 0 Å². The first-order valence-electron chi connectivity index (χ1n) is 4.88. The molecule has 2 rings (SSSR count). The van der Waals surface area contributed by atoms with Crippen LogP contribution in [0.2, 0.25) is 0 Å². The minimum Gasteiger partial charge on any atom is -0.287 e. The number of hydrogen-bond acceptors (Lipinski definition) is 3. The predicted molar refractivity (Wildman–Crippen MR) is 66.5 cm³/mol. The van der Waals surface area contributed by atoms with Crippen molar-refractivity contribution in [2.45, 2.75) is 0 Å². The van der Waals surface area contributed by atoms with Gasteiger partial charge in [-0.3, -0.25) is 9.78 Å². The number of aromatic nitrogens is 1. The molecule has 0 fully saturated rings. The van der Waals surface area contributed by atoms with E-state index in [9.17, 15) is 4.79 Å². The van der Waals surface area contributed by atoms with E-state index in [0.717, 1.165) is 4.47 Å². The summed E-state index contributed by atoms with van der Waals surface area (Å²) in [5.74, 6) is -0.247. The van der Waals surface area contributed by atoms with Crippen LogP contribution in [0, 0.1) is 11.3 Å². The number of benzene rings is 1. The quantitative estimate of drug-likeness (QED) is 0.798. The standard InChI is InChI=1S/C13H7BrN2O/c14-11-5-1-3-9(7-11)13(17)12-10(8-15)4-2-6-16-12/h1-7H. The molecule has 17 heavy (non-hydrogen) atoms. The molecule has 0 radical (unpaired) electrons. The summed E-state index contributed by atoms with van der Waals surface area (Å²) in [4.78, 5) is 16.1. The van der Waals surface area contributed by atoms with Crippen LogP contribution in [0.15, 0.2) is 47.1 Å². The van der Waals surface area contributed by atoms with Gasteiger partial charge >= 0.3 is 0 Å². The Morgan fingerprint density at radius 3 is 2.82 bits per heavy atom. The van der Waals surface area contributed by atoms with Crippen molar-refractivity contribution in [3.05, 3.63) is 63.9 Å².